The molecule has 0 spiro atoms. The minimum absolute atomic E-state index is 0.129. The Kier molecular flexibility index (Phi) is 3.34. The molecule has 3 rings (SSSR count). The van der Waals surface area contributed by atoms with E-state index in [1.165, 1.54) is 6.07 Å². The van der Waals surface area contributed by atoms with E-state index in [4.69, 9.17) is 16.3 Å². The molecule has 0 atom stereocenters. The zero-order valence-corrected chi connectivity index (χ0v) is 10.9. The summed E-state index contributed by atoms with van der Waals surface area (Å²) in [6.07, 6.45) is 2.18. The minimum Gasteiger partial charge on any atom is -0.473 e. The van der Waals surface area contributed by atoms with Gasteiger partial charge in [-0.2, -0.15) is 4.98 Å². The molecule has 3 nitrogen and oxygen atoms in total. The Morgan fingerprint density at radius 2 is 2.05 bits per heavy atom. The molecule has 0 saturated heterocycles. The molecule has 0 bridgehead atoms. The number of hydrogen-bond donors (Lipinski definition) is 0. The maximum Gasteiger partial charge on any atom is 0.218 e. The summed E-state index contributed by atoms with van der Waals surface area (Å²) in [5.41, 5.74) is 0.491. The van der Waals surface area contributed by atoms with Gasteiger partial charge in [-0.3, -0.25) is 0 Å². The molecule has 1 aromatic heterocycles. The molecule has 2 aromatic rings. The van der Waals surface area contributed by atoms with Gasteiger partial charge in [0.25, 0.3) is 0 Å². The van der Waals surface area contributed by atoms with Crippen LogP contribution in [-0.2, 0) is 6.61 Å². The number of benzene rings is 1. The summed E-state index contributed by atoms with van der Waals surface area (Å²) in [6, 6.07) is 8.05. The van der Waals surface area contributed by atoms with Crippen molar-refractivity contribution >= 4 is 11.6 Å². The van der Waals surface area contributed by atoms with Crippen LogP contribution in [0.3, 0.4) is 0 Å². The van der Waals surface area contributed by atoms with E-state index >= 15 is 0 Å². The van der Waals surface area contributed by atoms with Gasteiger partial charge < -0.3 is 4.74 Å². The fourth-order valence-corrected chi connectivity index (χ4v) is 1.96. The van der Waals surface area contributed by atoms with Crippen LogP contribution in [0.25, 0.3) is 0 Å². The lowest BCUT2D eigenvalue weighted by atomic mass is 10.2. The second kappa shape index (κ2) is 5.13. The van der Waals surface area contributed by atoms with Crippen LogP contribution in [0.15, 0.2) is 30.3 Å². The van der Waals surface area contributed by atoms with Gasteiger partial charge in [0.1, 0.15) is 23.4 Å². The van der Waals surface area contributed by atoms with E-state index in [2.05, 4.69) is 9.97 Å². The molecule has 5 heteroatoms. The van der Waals surface area contributed by atoms with E-state index < -0.39 is 0 Å². The molecular formula is C14H12ClFN2O. The van der Waals surface area contributed by atoms with E-state index in [9.17, 15) is 4.39 Å². The Bertz CT molecular complexity index is 602. The van der Waals surface area contributed by atoms with Gasteiger partial charge in [0.15, 0.2) is 0 Å². The Morgan fingerprint density at radius 1 is 1.26 bits per heavy atom. The zero-order valence-electron chi connectivity index (χ0n) is 10.1. The predicted octanol–water partition coefficient (Wildman–Crippen LogP) is 3.73. The third-order valence-electron chi connectivity index (χ3n) is 2.96. The number of ether oxygens (including phenoxy) is 1. The monoisotopic (exact) mass is 278 g/mol. The van der Waals surface area contributed by atoms with E-state index in [-0.39, 0.29) is 12.4 Å². The van der Waals surface area contributed by atoms with Crippen molar-refractivity contribution in [2.75, 3.05) is 0 Å². The molecule has 1 aromatic carbocycles. The lowest BCUT2D eigenvalue weighted by Gasteiger charge is -2.07. The number of aromatic nitrogens is 2. The number of halogens is 2. The average Bonchev–Trinajstić information content (AvgIpc) is 3.21. The third kappa shape index (κ3) is 3.01. The first-order valence-electron chi connectivity index (χ1n) is 6.13. The molecule has 19 heavy (non-hydrogen) atoms. The van der Waals surface area contributed by atoms with Gasteiger partial charge in [0, 0.05) is 17.5 Å². The lowest BCUT2D eigenvalue weighted by molar-refractivity contribution is 0.286. The molecule has 1 saturated carbocycles. The predicted molar refractivity (Wildman–Crippen MR) is 69.7 cm³/mol. The largest absolute Gasteiger partial charge is 0.473 e. The molecule has 0 radical (unpaired) electrons. The standard InChI is InChI=1S/C14H12ClFN2O/c15-12-7-13(18-14(17-12)9-5-6-9)19-8-10-3-1-2-4-11(10)16/h1-4,7,9H,5-6,8H2. The van der Waals surface area contributed by atoms with Crippen LogP contribution >= 0.6 is 11.6 Å². The fourth-order valence-electron chi connectivity index (χ4n) is 1.78. The molecule has 0 amide bonds. The minimum atomic E-state index is -0.287. The Balaban J connectivity index is 1.74. The van der Waals surface area contributed by atoms with Crippen LogP contribution in [0.4, 0.5) is 4.39 Å². The summed E-state index contributed by atoms with van der Waals surface area (Å²) in [6.45, 7) is 0.129. The van der Waals surface area contributed by atoms with Crippen molar-refractivity contribution in [2.45, 2.75) is 25.4 Å². The number of rotatable bonds is 4. The van der Waals surface area contributed by atoms with Crippen LogP contribution in [0.1, 0.15) is 30.1 Å². The van der Waals surface area contributed by atoms with Crippen LogP contribution in [0, 0.1) is 5.82 Å². The molecule has 1 aliphatic carbocycles. The van der Waals surface area contributed by atoms with Crippen molar-refractivity contribution in [1.82, 2.24) is 9.97 Å². The SMILES string of the molecule is Fc1ccccc1COc1cc(Cl)nc(C2CC2)n1. The van der Waals surface area contributed by atoms with Crippen LogP contribution < -0.4 is 4.74 Å². The van der Waals surface area contributed by atoms with E-state index in [0.717, 1.165) is 18.7 Å². The van der Waals surface area contributed by atoms with Gasteiger partial charge in [0.05, 0.1) is 0 Å². The van der Waals surface area contributed by atoms with E-state index in [1.807, 2.05) is 0 Å². The molecule has 0 aliphatic heterocycles. The van der Waals surface area contributed by atoms with Crippen molar-refractivity contribution in [3.8, 4) is 5.88 Å². The number of hydrogen-bond acceptors (Lipinski definition) is 3. The molecule has 0 unspecified atom stereocenters. The van der Waals surface area contributed by atoms with Crippen molar-refractivity contribution in [3.63, 3.8) is 0 Å². The second-order valence-electron chi connectivity index (χ2n) is 4.54. The van der Waals surface area contributed by atoms with Gasteiger partial charge in [-0.05, 0) is 18.9 Å². The highest BCUT2D eigenvalue weighted by Gasteiger charge is 2.27. The van der Waals surface area contributed by atoms with Gasteiger partial charge in [-0.1, -0.05) is 29.8 Å². The topological polar surface area (TPSA) is 35.0 Å². The van der Waals surface area contributed by atoms with Gasteiger partial charge in [-0.15, -0.1) is 0 Å². The van der Waals surface area contributed by atoms with Gasteiger partial charge >= 0.3 is 0 Å². The molecule has 1 aliphatic rings. The van der Waals surface area contributed by atoms with Crippen LogP contribution in [0.2, 0.25) is 5.15 Å². The first-order valence-corrected chi connectivity index (χ1v) is 6.51. The van der Waals surface area contributed by atoms with E-state index in [0.29, 0.717) is 22.5 Å². The quantitative estimate of drug-likeness (QED) is 0.800. The highest BCUT2D eigenvalue weighted by Crippen LogP contribution is 2.39. The van der Waals surface area contributed by atoms with Crippen LogP contribution in [0.5, 0.6) is 5.88 Å². The lowest BCUT2D eigenvalue weighted by Crippen LogP contribution is -2.02. The maximum atomic E-state index is 13.5. The zero-order chi connectivity index (χ0) is 13.2. The first-order chi connectivity index (χ1) is 9.22. The summed E-state index contributed by atoms with van der Waals surface area (Å²) in [4.78, 5) is 8.47. The Hall–Kier alpha value is -1.68. The number of nitrogens with zero attached hydrogens (tertiary/aromatic N) is 2. The maximum absolute atomic E-state index is 13.5. The molecule has 0 N–H and O–H groups in total. The Morgan fingerprint density at radius 3 is 2.79 bits per heavy atom. The first kappa shape index (κ1) is 12.4. The molecule has 98 valence electrons. The summed E-state index contributed by atoms with van der Waals surface area (Å²) >= 11 is 5.93. The van der Waals surface area contributed by atoms with Crippen molar-refractivity contribution in [1.29, 1.82) is 0 Å². The van der Waals surface area contributed by atoms with Gasteiger partial charge in [0.2, 0.25) is 5.88 Å². The second-order valence-corrected chi connectivity index (χ2v) is 4.93. The highest BCUT2D eigenvalue weighted by atomic mass is 35.5. The van der Waals surface area contributed by atoms with Crippen molar-refractivity contribution in [3.05, 3.63) is 52.7 Å². The molecule has 1 fully saturated rings. The fraction of sp³-hybridized carbons (Fsp3) is 0.286. The summed E-state index contributed by atoms with van der Waals surface area (Å²) < 4.78 is 18.9. The summed E-state index contributed by atoms with van der Waals surface area (Å²) in [5, 5.41) is 0.362. The normalized spacial score (nSPS) is 14.4. The third-order valence-corrected chi connectivity index (χ3v) is 3.16. The molecule has 1 heterocycles. The van der Waals surface area contributed by atoms with E-state index in [1.54, 1.807) is 24.3 Å². The molecular weight excluding hydrogens is 267 g/mol. The summed E-state index contributed by atoms with van der Waals surface area (Å²) in [5.74, 6) is 1.22. The average molecular weight is 279 g/mol. The summed E-state index contributed by atoms with van der Waals surface area (Å²) in [7, 11) is 0. The van der Waals surface area contributed by atoms with Crippen LogP contribution in [-0.4, -0.2) is 9.97 Å². The van der Waals surface area contributed by atoms with Crippen molar-refractivity contribution < 1.29 is 9.13 Å². The smallest absolute Gasteiger partial charge is 0.218 e. The highest BCUT2D eigenvalue weighted by molar-refractivity contribution is 6.29. The van der Waals surface area contributed by atoms with Crippen molar-refractivity contribution in [2.24, 2.45) is 0 Å². The Labute approximate surface area is 115 Å². The van der Waals surface area contributed by atoms with Gasteiger partial charge in [-0.25, -0.2) is 9.37 Å².